The number of fused-ring (bicyclic) bond motifs is 1. The lowest BCUT2D eigenvalue weighted by atomic mass is 9.78. The van der Waals surface area contributed by atoms with Crippen LogP contribution in [-0.2, 0) is 4.79 Å². The summed E-state index contributed by atoms with van der Waals surface area (Å²) in [5.74, 6) is 1.18. The van der Waals surface area contributed by atoms with Gasteiger partial charge in [0.25, 0.3) is 5.56 Å². The third-order valence-corrected chi connectivity index (χ3v) is 6.33. The Bertz CT molecular complexity index is 833. The average molecular weight is 359 g/mol. The summed E-state index contributed by atoms with van der Waals surface area (Å²) < 4.78 is 1.86. The van der Waals surface area contributed by atoms with Crippen molar-refractivity contribution in [3.63, 3.8) is 0 Å². The lowest BCUT2D eigenvalue weighted by molar-refractivity contribution is -0.118. The normalized spacial score (nSPS) is 23.6. The molecule has 2 aromatic rings. The molecule has 1 saturated carbocycles. The Morgan fingerprint density at radius 2 is 2.08 bits per heavy atom. The summed E-state index contributed by atoms with van der Waals surface area (Å²) in [7, 11) is 1.62. The Hall–Kier alpha value is -1.82. The van der Waals surface area contributed by atoms with Crippen LogP contribution in [0.4, 0.5) is 0 Å². The Morgan fingerprint density at radius 3 is 2.84 bits per heavy atom. The summed E-state index contributed by atoms with van der Waals surface area (Å²) in [5.41, 5.74) is 0.704. The minimum Gasteiger partial charge on any atom is -0.358 e. The molecular formula is C19H25N3O2S. The number of carbonyl (C=O) groups is 1. The lowest BCUT2D eigenvalue weighted by Crippen LogP contribution is -2.35. The first kappa shape index (κ1) is 18.0. The molecule has 1 N–H and O–H groups in total. The largest absolute Gasteiger partial charge is 0.358 e. The summed E-state index contributed by atoms with van der Waals surface area (Å²) in [6.07, 6.45) is 3.31. The minimum atomic E-state index is -0.0657. The van der Waals surface area contributed by atoms with Gasteiger partial charge in [0.05, 0.1) is 16.7 Å². The third kappa shape index (κ3) is 3.59. The topological polar surface area (TPSA) is 64.0 Å². The Kier molecular flexibility index (Phi) is 5.47. The number of nitrogens with zero attached hydrogens (tertiary/aromatic N) is 2. The quantitative estimate of drug-likeness (QED) is 0.672. The van der Waals surface area contributed by atoms with Crippen LogP contribution in [0.3, 0.4) is 0 Å². The minimum absolute atomic E-state index is 0.0101. The number of para-hydroxylation sites is 1. The van der Waals surface area contributed by atoms with Gasteiger partial charge in [-0.25, -0.2) is 4.98 Å². The first-order chi connectivity index (χ1) is 12.0. The van der Waals surface area contributed by atoms with Crippen LogP contribution in [0.5, 0.6) is 0 Å². The van der Waals surface area contributed by atoms with E-state index < -0.39 is 0 Å². The standard InChI is InChI=1S/C19H25N3O2S/c1-12-7-6-10-16(13(12)2)22-18(24)14-8-4-5-9-15(14)21-19(22)25-11-17(23)20-3/h4-5,8-9,12-13,16H,6-7,10-11H2,1-3H3,(H,20,23)/t12-,13+,16+/m0/s1. The van der Waals surface area contributed by atoms with Crippen LogP contribution in [0, 0.1) is 11.8 Å². The second kappa shape index (κ2) is 7.60. The molecule has 5 nitrogen and oxygen atoms in total. The van der Waals surface area contributed by atoms with E-state index >= 15 is 0 Å². The molecule has 1 amide bonds. The molecule has 0 unspecified atom stereocenters. The van der Waals surface area contributed by atoms with Crippen LogP contribution in [0.25, 0.3) is 10.9 Å². The predicted molar refractivity (Wildman–Crippen MR) is 102 cm³/mol. The molecule has 0 bridgehead atoms. The molecule has 25 heavy (non-hydrogen) atoms. The maximum atomic E-state index is 13.2. The van der Waals surface area contributed by atoms with Gasteiger partial charge < -0.3 is 5.32 Å². The summed E-state index contributed by atoms with van der Waals surface area (Å²) in [4.78, 5) is 29.6. The highest BCUT2D eigenvalue weighted by Crippen LogP contribution is 2.38. The Morgan fingerprint density at radius 1 is 1.32 bits per heavy atom. The van der Waals surface area contributed by atoms with Crippen LogP contribution >= 0.6 is 11.8 Å². The van der Waals surface area contributed by atoms with Crippen molar-refractivity contribution < 1.29 is 4.79 Å². The van der Waals surface area contributed by atoms with Crippen molar-refractivity contribution in [3.05, 3.63) is 34.6 Å². The van der Waals surface area contributed by atoms with E-state index in [1.807, 2.05) is 28.8 Å². The molecule has 134 valence electrons. The molecule has 1 fully saturated rings. The van der Waals surface area contributed by atoms with Gasteiger partial charge in [0, 0.05) is 13.1 Å². The maximum Gasteiger partial charge on any atom is 0.262 e. The van der Waals surface area contributed by atoms with Gasteiger partial charge in [-0.15, -0.1) is 0 Å². The molecular weight excluding hydrogens is 334 g/mol. The second-order valence-corrected chi connectivity index (χ2v) is 7.83. The number of carbonyl (C=O) groups excluding carboxylic acids is 1. The zero-order valence-corrected chi connectivity index (χ0v) is 15.8. The highest BCUT2D eigenvalue weighted by atomic mass is 32.2. The van der Waals surface area contributed by atoms with E-state index in [2.05, 4.69) is 19.2 Å². The maximum absolute atomic E-state index is 13.2. The van der Waals surface area contributed by atoms with E-state index in [1.54, 1.807) is 7.05 Å². The molecule has 3 rings (SSSR count). The predicted octanol–water partition coefficient (Wildman–Crippen LogP) is 3.23. The molecule has 1 aliphatic carbocycles. The molecule has 1 heterocycles. The smallest absolute Gasteiger partial charge is 0.262 e. The van der Waals surface area contributed by atoms with Crippen LogP contribution < -0.4 is 10.9 Å². The molecule has 3 atom stereocenters. The van der Waals surface area contributed by atoms with Gasteiger partial charge in [-0.2, -0.15) is 0 Å². The van der Waals surface area contributed by atoms with Crippen molar-refractivity contribution in [1.82, 2.24) is 14.9 Å². The first-order valence-corrected chi connectivity index (χ1v) is 9.86. The van der Waals surface area contributed by atoms with Crippen LogP contribution in [-0.4, -0.2) is 28.3 Å². The number of aromatic nitrogens is 2. The Balaban J connectivity index is 2.11. The third-order valence-electron chi connectivity index (χ3n) is 5.38. The fourth-order valence-corrected chi connectivity index (χ4v) is 4.57. The zero-order valence-electron chi connectivity index (χ0n) is 15.0. The summed E-state index contributed by atoms with van der Waals surface area (Å²) in [5, 5.41) is 3.93. The van der Waals surface area contributed by atoms with E-state index in [-0.39, 0.29) is 23.3 Å². The van der Waals surface area contributed by atoms with Gasteiger partial charge in [-0.05, 0) is 30.4 Å². The van der Waals surface area contributed by atoms with Crippen molar-refractivity contribution in [3.8, 4) is 0 Å². The molecule has 1 aliphatic rings. The molecule has 6 heteroatoms. The lowest BCUT2D eigenvalue weighted by Gasteiger charge is -2.36. The van der Waals surface area contributed by atoms with E-state index in [1.165, 1.54) is 18.2 Å². The Labute approximate surface area is 152 Å². The first-order valence-electron chi connectivity index (χ1n) is 8.87. The average Bonchev–Trinajstić information content (AvgIpc) is 2.62. The highest BCUT2D eigenvalue weighted by molar-refractivity contribution is 7.99. The number of hydrogen-bond acceptors (Lipinski definition) is 4. The van der Waals surface area contributed by atoms with Gasteiger partial charge in [0.1, 0.15) is 0 Å². The number of amides is 1. The van der Waals surface area contributed by atoms with Crippen LogP contribution in [0.2, 0.25) is 0 Å². The van der Waals surface area contributed by atoms with Crippen LogP contribution in [0.1, 0.15) is 39.2 Å². The number of hydrogen-bond donors (Lipinski definition) is 1. The zero-order chi connectivity index (χ0) is 18.0. The van der Waals surface area contributed by atoms with Crippen molar-refractivity contribution in [1.29, 1.82) is 0 Å². The summed E-state index contributed by atoms with van der Waals surface area (Å²) in [6.45, 7) is 4.48. The number of thioether (sulfide) groups is 1. The van der Waals surface area contributed by atoms with E-state index in [0.717, 1.165) is 12.8 Å². The molecule has 1 aromatic carbocycles. The molecule has 0 spiro atoms. The van der Waals surface area contributed by atoms with Crippen molar-refractivity contribution >= 4 is 28.6 Å². The fourth-order valence-electron chi connectivity index (χ4n) is 3.64. The number of nitrogens with one attached hydrogen (secondary N) is 1. The van der Waals surface area contributed by atoms with E-state index in [0.29, 0.717) is 27.9 Å². The van der Waals surface area contributed by atoms with E-state index in [9.17, 15) is 9.59 Å². The monoisotopic (exact) mass is 359 g/mol. The summed E-state index contributed by atoms with van der Waals surface area (Å²) in [6, 6.07) is 7.60. The van der Waals surface area contributed by atoms with Crippen molar-refractivity contribution in [2.24, 2.45) is 11.8 Å². The summed E-state index contributed by atoms with van der Waals surface area (Å²) >= 11 is 1.35. The van der Waals surface area contributed by atoms with Crippen LogP contribution in [0.15, 0.2) is 34.2 Å². The SMILES string of the molecule is CNC(=O)CSc1nc2ccccc2c(=O)n1[C@@H]1CCC[C@H](C)[C@H]1C. The second-order valence-electron chi connectivity index (χ2n) is 6.88. The fraction of sp³-hybridized carbons (Fsp3) is 0.526. The molecule has 0 saturated heterocycles. The highest BCUT2D eigenvalue weighted by Gasteiger charge is 2.31. The van der Waals surface area contributed by atoms with Gasteiger partial charge in [-0.1, -0.05) is 50.6 Å². The van der Waals surface area contributed by atoms with Gasteiger partial charge >= 0.3 is 0 Å². The van der Waals surface area contributed by atoms with Gasteiger partial charge in [0.2, 0.25) is 5.91 Å². The molecule has 1 aromatic heterocycles. The van der Waals surface area contributed by atoms with Crippen molar-refractivity contribution in [2.75, 3.05) is 12.8 Å². The van der Waals surface area contributed by atoms with E-state index in [4.69, 9.17) is 4.98 Å². The molecule has 0 aliphatic heterocycles. The van der Waals surface area contributed by atoms with Gasteiger partial charge in [0.15, 0.2) is 5.16 Å². The van der Waals surface area contributed by atoms with Crippen molar-refractivity contribution in [2.45, 2.75) is 44.3 Å². The number of rotatable bonds is 4. The number of benzene rings is 1. The molecule has 0 radical (unpaired) electrons. The van der Waals surface area contributed by atoms with Gasteiger partial charge in [-0.3, -0.25) is 14.2 Å².